The first-order valence-electron chi connectivity index (χ1n) is 5.34. The Balaban J connectivity index is 2.42. The molecule has 0 spiro atoms. The molecule has 4 heteroatoms. The maximum Gasteiger partial charge on any atom is 0.319 e. The fourth-order valence-corrected chi connectivity index (χ4v) is 2.01. The van der Waals surface area contributed by atoms with Crippen molar-refractivity contribution in [3.05, 3.63) is 0 Å². The minimum atomic E-state index is 0.0994. The molecule has 1 fully saturated rings. The second kappa shape index (κ2) is 5.20. The lowest BCUT2D eigenvalue weighted by Crippen LogP contribution is -2.44. The van der Waals surface area contributed by atoms with Gasteiger partial charge in [0.15, 0.2) is 0 Å². The highest BCUT2D eigenvalue weighted by molar-refractivity contribution is 5.74. The van der Waals surface area contributed by atoms with Crippen LogP contribution in [0.1, 0.15) is 25.7 Å². The number of carbonyl (C=O) groups excluding carboxylic acids is 1. The largest absolute Gasteiger partial charge is 0.329 e. The monoisotopic (exact) mass is 199 g/mol. The van der Waals surface area contributed by atoms with Crippen molar-refractivity contribution < 1.29 is 4.79 Å². The van der Waals surface area contributed by atoms with Gasteiger partial charge in [0.2, 0.25) is 0 Å². The topological polar surface area (TPSA) is 49.6 Å². The van der Waals surface area contributed by atoms with Crippen molar-refractivity contribution in [2.75, 3.05) is 27.2 Å². The van der Waals surface area contributed by atoms with Gasteiger partial charge in [-0.2, -0.15) is 0 Å². The number of urea groups is 1. The lowest BCUT2D eigenvalue weighted by atomic mass is 10.2. The average Bonchev–Trinajstić information content (AvgIpc) is 2.68. The number of amides is 2. The number of hydrogen-bond donors (Lipinski definition) is 1. The number of nitrogens with two attached hydrogens (primary N) is 1. The molecule has 14 heavy (non-hydrogen) atoms. The van der Waals surface area contributed by atoms with Gasteiger partial charge in [0.1, 0.15) is 0 Å². The molecule has 1 saturated carbocycles. The van der Waals surface area contributed by atoms with E-state index in [1.54, 1.807) is 11.9 Å². The van der Waals surface area contributed by atoms with E-state index in [1.807, 2.05) is 11.9 Å². The molecule has 0 unspecified atom stereocenters. The van der Waals surface area contributed by atoms with Gasteiger partial charge in [-0.1, -0.05) is 12.8 Å². The van der Waals surface area contributed by atoms with Crippen molar-refractivity contribution >= 4 is 6.03 Å². The summed E-state index contributed by atoms with van der Waals surface area (Å²) in [5.74, 6) is 0. The number of rotatable bonds is 3. The van der Waals surface area contributed by atoms with E-state index in [1.165, 1.54) is 12.8 Å². The molecule has 0 aromatic rings. The second-order valence-electron chi connectivity index (χ2n) is 4.04. The average molecular weight is 199 g/mol. The first kappa shape index (κ1) is 11.3. The van der Waals surface area contributed by atoms with Gasteiger partial charge in [0, 0.05) is 33.2 Å². The van der Waals surface area contributed by atoms with E-state index < -0.39 is 0 Å². The van der Waals surface area contributed by atoms with Crippen LogP contribution in [0.25, 0.3) is 0 Å². The number of hydrogen-bond acceptors (Lipinski definition) is 2. The van der Waals surface area contributed by atoms with E-state index in [0.29, 0.717) is 19.1 Å². The number of likely N-dealkylation sites (N-methyl/N-ethyl adjacent to an activating group) is 1. The van der Waals surface area contributed by atoms with Gasteiger partial charge in [0.05, 0.1) is 0 Å². The van der Waals surface area contributed by atoms with E-state index >= 15 is 0 Å². The molecule has 0 aliphatic heterocycles. The molecule has 2 N–H and O–H groups in total. The van der Waals surface area contributed by atoms with Crippen LogP contribution in [0.5, 0.6) is 0 Å². The Morgan fingerprint density at radius 2 is 1.93 bits per heavy atom. The van der Waals surface area contributed by atoms with Crippen molar-refractivity contribution in [1.29, 1.82) is 0 Å². The summed E-state index contributed by atoms with van der Waals surface area (Å²) in [5, 5.41) is 0. The Morgan fingerprint density at radius 3 is 2.43 bits per heavy atom. The predicted octanol–water partition coefficient (Wildman–Crippen LogP) is 0.871. The molecule has 1 rings (SSSR count). The third-order valence-electron chi connectivity index (χ3n) is 2.97. The highest BCUT2D eigenvalue weighted by Gasteiger charge is 2.24. The van der Waals surface area contributed by atoms with Gasteiger partial charge in [0.25, 0.3) is 0 Å². The Bertz CT molecular complexity index is 190. The minimum absolute atomic E-state index is 0.0994. The fraction of sp³-hybridized carbons (Fsp3) is 0.900. The molecule has 0 aromatic heterocycles. The van der Waals surface area contributed by atoms with E-state index in [-0.39, 0.29) is 6.03 Å². The summed E-state index contributed by atoms with van der Waals surface area (Å²) in [6.45, 7) is 1.16. The second-order valence-corrected chi connectivity index (χ2v) is 4.04. The molecular formula is C10H21N3O. The normalized spacial score (nSPS) is 17.1. The van der Waals surface area contributed by atoms with E-state index in [2.05, 4.69) is 0 Å². The molecule has 0 atom stereocenters. The van der Waals surface area contributed by atoms with Crippen LogP contribution in [0.2, 0.25) is 0 Å². The Kier molecular flexibility index (Phi) is 4.20. The van der Waals surface area contributed by atoms with Crippen LogP contribution in [0.3, 0.4) is 0 Å². The highest BCUT2D eigenvalue weighted by atomic mass is 16.2. The number of carbonyl (C=O) groups is 1. The molecule has 4 nitrogen and oxygen atoms in total. The first-order chi connectivity index (χ1) is 6.66. The summed E-state index contributed by atoms with van der Waals surface area (Å²) in [7, 11) is 3.70. The molecular weight excluding hydrogens is 178 g/mol. The summed E-state index contributed by atoms with van der Waals surface area (Å²) >= 11 is 0. The lowest BCUT2D eigenvalue weighted by molar-refractivity contribution is 0.157. The smallest absolute Gasteiger partial charge is 0.319 e. The molecule has 0 saturated heterocycles. The number of nitrogens with zero attached hydrogens (tertiary/aromatic N) is 2. The molecule has 2 amide bonds. The van der Waals surface area contributed by atoms with Crippen LogP contribution in [-0.4, -0.2) is 49.1 Å². The van der Waals surface area contributed by atoms with Gasteiger partial charge in [-0.3, -0.25) is 0 Å². The van der Waals surface area contributed by atoms with Crippen molar-refractivity contribution in [3.63, 3.8) is 0 Å². The Morgan fingerprint density at radius 1 is 1.36 bits per heavy atom. The van der Waals surface area contributed by atoms with Crippen LogP contribution < -0.4 is 5.73 Å². The summed E-state index contributed by atoms with van der Waals surface area (Å²) in [6, 6.07) is 0.546. The van der Waals surface area contributed by atoms with Crippen molar-refractivity contribution in [2.45, 2.75) is 31.7 Å². The van der Waals surface area contributed by atoms with Crippen molar-refractivity contribution in [2.24, 2.45) is 5.73 Å². The van der Waals surface area contributed by atoms with E-state index in [0.717, 1.165) is 12.8 Å². The van der Waals surface area contributed by atoms with Gasteiger partial charge < -0.3 is 15.5 Å². The predicted molar refractivity (Wildman–Crippen MR) is 57.1 cm³/mol. The quantitative estimate of drug-likeness (QED) is 0.733. The van der Waals surface area contributed by atoms with Gasteiger partial charge in [-0.15, -0.1) is 0 Å². The molecule has 1 aliphatic carbocycles. The summed E-state index contributed by atoms with van der Waals surface area (Å²) in [5.41, 5.74) is 5.41. The molecule has 0 bridgehead atoms. The van der Waals surface area contributed by atoms with Gasteiger partial charge in [-0.05, 0) is 12.8 Å². The van der Waals surface area contributed by atoms with Crippen LogP contribution in [0.4, 0.5) is 4.79 Å². The molecule has 0 aromatic carbocycles. The third-order valence-corrected chi connectivity index (χ3v) is 2.97. The van der Waals surface area contributed by atoms with Crippen LogP contribution in [0, 0.1) is 0 Å². The lowest BCUT2D eigenvalue weighted by Gasteiger charge is -2.29. The van der Waals surface area contributed by atoms with Crippen LogP contribution >= 0.6 is 0 Å². The fourth-order valence-electron chi connectivity index (χ4n) is 2.01. The van der Waals surface area contributed by atoms with Gasteiger partial charge in [-0.25, -0.2) is 4.79 Å². The summed E-state index contributed by atoms with van der Waals surface area (Å²) < 4.78 is 0. The van der Waals surface area contributed by atoms with Gasteiger partial charge >= 0.3 is 6.03 Å². The van der Waals surface area contributed by atoms with Crippen LogP contribution in [-0.2, 0) is 0 Å². The molecule has 1 aliphatic rings. The van der Waals surface area contributed by atoms with Crippen molar-refractivity contribution in [3.8, 4) is 0 Å². The van der Waals surface area contributed by atoms with Crippen LogP contribution in [0.15, 0.2) is 0 Å². The third kappa shape index (κ3) is 2.61. The molecule has 0 radical (unpaired) electrons. The molecule has 0 heterocycles. The van der Waals surface area contributed by atoms with E-state index in [4.69, 9.17) is 5.73 Å². The SMILES string of the molecule is CN(CCN)C(=O)N(C)C1CCCC1. The first-order valence-corrected chi connectivity index (χ1v) is 5.34. The maximum absolute atomic E-state index is 11.8. The summed E-state index contributed by atoms with van der Waals surface area (Å²) in [6.07, 6.45) is 4.81. The van der Waals surface area contributed by atoms with Crippen molar-refractivity contribution in [1.82, 2.24) is 9.80 Å². The molecule has 82 valence electrons. The standard InChI is InChI=1S/C10H21N3O/c1-12(8-7-11)10(14)13(2)9-5-3-4-6-9/h9H,3-8,11H2,1-2H3. The Labute approximate surface area is 86.0 Å². The highest BCUT2D eigenvalue weighted by Crippen LogP contribution is 2.22. The van der Waals surface area contributed by atoms with E-state index in [9.17, 15) is 4.79 Å². The summed E-state index contributed by atoms with van der Waals surface area (Å²) in [4.78, 5) is 15.4. The zero-order chi connectivity index (χ0) is 10.6. The minimum Gasteiger partial charge on any atom is -0.329 e. The Hall–Kier alpha value is -0.770. The zero-order valence-corrected chi connectivity index (χ0v) is 9.20. The maximum atomic E-state index is 11.8. The zero-order valence-electron chi connectivity index (χ0n) is 9.20.